The molecule has 2 unspecified atom stereocenters. The zero-order valence-electron chi connectivity index (χ0n) is 32.4. The fraction of sp³-hybridized carbons (Fsp3) is 0.976. The average Bonchev–Trinajstić information content (AvgIpc) is 3.11. The van der Waals surface area contributed by atoms with Crippen molar-refractivity contribution in [1.29, 1.82) is 0 Å². The summed E-state index contributed by atoms with van der Waals surface area (Å²) < 4.78 is 11.2. The van der Waals surface area contributed by atoms with Gasteiger partial charge in [0.15, 0.2) is 6.29 Å². The molecule has 1 aliphatic heterocycles. The second-order valence-electron chi connectivity index (χ2n) is 15.1. The van der Waals surface area contributed by atoms with Crippen LogP contribution in [-0.2, 0) is 14.3 Å². The first-order valence-corrected chi connectivity index (χ1v) is 21.2. The highest BCUT2D eigenvalue weighted by molar-refractivity contribution is 5.76. The molecular formula is C41H81NO8. The summed E-state index contributed by atoms with van der Waals surface area (Å²) in [4.78, 5) is 12.9. The maximum absolute atomic E-state index is 12.9. The quantitative estimate of drug-likeness (QED) is 0.0362. The molecule has 0 aliphatic carbocycles. The topological polar surface area (TPSA) is 149 Å². The number of hydrogen-bond donors (Lipinski definition) is 6. The van der Waals surface area contributed by atoms with Gasteiger partial charge in [-0.3, -0.25) is 4.79 Å². The van der Waals surface area contributed by atoms with Crippen molar-refractivity contribution in [2.45, 2.75) is 243 Å². The number of nitrogens with one attached hydrogen (secondary N) is 1. The van der Waals surface area contributed by atoms with Gasteiger partial charge in [-0.15, -0.1) is 0 Å². The highest BCUT2D eigenvalue weighted by atomic mass is 16.7. The van der Waals surface area contributed by atoms with Gasteiger partial charge in [0.05, 0.1) is 25.4 Å². The van der Waals surface area contributed by atoms with E-state index in [1.54, 1.807) is 0 Å². The minimum atomic E-state index is -1.55. The zero-order chi connectivity index (χ0) is 36.7. The summed E-state index contributed by atoms with van der Waals surface area (Å²) in [7, 11) is 0. The van der Waals surface area contributed by atoms with Gasteiger partial charge >= 0.3 is 0 Å². The van der Waals surface area contributed by atoms with Crippen LogP contribution in [0.2, 0.25) is 0 Å². The molecule has 1 heterocycles. The predicted octanol–water partition coefficient (Wildman–Crippen LogP) is 8.00. The molecule has 0 aromatic carbocycles. The Kier molecular flexibility index (Phi) is 31.0. The van der Waals surface area contributed by atoms with Crippen LogP contribution < -0.4 is 5.32 Å². The highest BCUT2D eigenvalue weighted by Gasteiger charge is 2.44. The number of unbranched alkanes of at least 4 members (excludes halogenated alkanes) is 25. The summed E-state index contributed by atoms with van der Waals surface area (Å²) in [6, 6.07) is -0.709. The van der Waals surface area contributed by atoms with Gasteiger partial charge in [-0.2, -0.15) is 0 Å². The van der Waals surface area contributed by atoms with Gasteiger partial charge in [-0.1, -0.05) is 181 Å². The van der Waals surface area contributed by atoms with Gasteiger partial charge < -0.3 is 40.3 Å². The van der Waals surface area contributed by atoms with Crippen LogP contribution in [0.5, 0.6) is 0 Å². The molecule has 298 valence electrons. The molecule has 0 spiro atoms. The maximum atomic E-state index is 12.9. The summed E-state index contributed by atoms with van der Waals surface area (Å²) in [5.74, 6) is -0.143. The molecule has 1 saturated heterocycles. The van der Waals surface area contributed by atoms with Crippen molar-refractivity contribution >= 4 is 5.91 Å². The van der Waals surface area contributed by atoms with E-state index in [0.29, 0.717) is 12.8 Å². The van der Waals surface area contributed by atoms with E-state index in [4.69, 9.17) is 9.47 Å². The van der Waals surface area contributed by atoms with E-state index in [0.717, 1.165) is 38.5 Å². The lowest BCUT2D eigenvalue weighted by molar-refractivity contribution is -0.302. The van der Waals surface area contributed by atoms with E-state index < -0.39 is 49.5 Å². The first-order chi connectivity index (χ1) is 24.3. The Morgan fingerprint density at radius 3 is 1.42 bits per heavy atom. The van der Waals surface area contributed by atoms with E-state index in [1.165, 1.54) is 135 Å². The van der Waals surface area contributed by atoms with Gasteiger partial charge in [0.1, 0.15) is 24.4 Å². The van der Waals surface area contributed by atoms with Crippen molar-refractivity contribution in [3.8, 4) is 0 Å². The lowest BCUT2D eigenvalue weighted by Crippen LogP contribution is -2.60. The zero-order valence-corrected chi connectivity index (χ0v) is 32.4. The Labute approximate surface area is 306 Å². The number of aliphatic hydroxyl groups excluding tert-OH is 5. The molecule has 1 fully saturated rings. The fourth-order valence-corrected chi connectivity index (χ4v) is 6.98. The van der Waals surface area contributed by atoms with Crippen molar-refractivity contribution in [2.75, 3.05) is 13.2 Å². The molecule has 7 atom stereocenters. The van der Waals surface area contributed by atoms with Gasteiger partial charge in [0.25, 0.3) is 0 Å². The number of hydrogen-bond acceptors (Lipinski definition) is 8. The van der Waals surface area contributed by atoms with Gasteiger partial charge in [-0.25, -0.2) is 0 Å². The van der Waals surface area contributed by atoms with Gasteiger partial charge in [0, 0.05) is 6.42 Å². The fourth-order valence-electron chi connectivity index (χ4n) is 6.98. The highest BCUT2D eigenvalue weighted by Crippen LogP contribution is 2.23. The van der Waals surface area contributed by atoms with Crippen LogP contribution in [0.25, 0.3) is 0 Å². The molecule has 9 heteroatoms. The van der Waals surface area contributed by atoms with Crippen molar-refractivity contribution < 1.29 is 39.8 Å². The van der Waals surface area contributed by atoms with Crippen LogP contribution in [-0.4, -0.2) is 87.5 Å². The lowest BCUT2D eigenvalue weighted by atomic mass is 9.99. The molecule has 0 bridgehead atoms. The predicted molar refractivity (Wildman–Crippen MR) is 203 cm³/mol. The summed E-state index contributed by atoms with van der Waals surface area (Å²) in [6.07, 6.45) is 26.9. The van der Waals surface area contributed by atoms with Crippen LogP contribution in [0.3, 0.4) is 0 Å². The molecule has 6 N–H and O–H groups in total. The number of carbonyl (C=O) groups excluding carboxylic acids is 1. The largest absolute Gasteiger partial charge is 0.394 e. The summed E-state index contributed by atoms with van der Waals surface area (Å²) in [6.45, 7) is 3.81. The van der Waals surface area contributed by atoms with E-state index in [2.05, 4.69) is 19.2 Å². The van der Waals surface area contributed by atoms with E-state index >= 15 is 0 Å². The normalized spacial score (nSPS) is 22.1. The Balaban J connectivity index is 2.30. The Hall–Kier alpha value is -0.810. The van der Waals surface area contributed by atoms with Crippen molar-refractivity contribution in [2.24, 2.45) is 0 Å². The Bertz CT molecular complexity index is 756. The second-order valence-corrected chi connectivity index (χ2v) is 15.1. The molecule has 1 aliphatic rings. The Morgan fingerprint density at radius 1 is 0.600 bits per heavy atom. The molecule has 1 rings (SSSR count). The summed E-state index contributed by atoms with van der Waals surface area (Å²) in [5.41, 5.74) is 0. The molecule has 0 aromatic heterocycles. The minimum Gasteiger partial charge on any atom is -0.394 e. The smallest absolute Gasteiger partial charge is 0.220 e. The van der Waals surface area contributed by atoms with Crippen molar-refractivity contribution in [1.82, 2.24) is 5.32 Å². The van der Waals surface area contributed by atoms with Gasteiger partial charge in [-0.05, 0) is 12.8 Å². The summed E-state index contributed by atoms with van der Waals surface area (Å²) in [5, 5.41) is 54.1. The molecule has 0 radical (unpaired) electrons. The summed E-state index contributed by atoms with van der Waals surface area (Å²) >= 11 is 0. The van der Waals surface area contributed by atoms with Crippen LogP contribution in [0.15, 0.2) is 0 Å². The van der Waals surface area contributed by atoms with Crippen LogP contribution >= 0.6 is 0 Å². The first kappa shape index (κ1) is 47.2. The average molecular weight is 716 g/mol. The molecule has 0 saturated carbocycles. The Morgan fingerprint density at radius 2 is 1.00 bits per heavy atom. The molecule has 1 amide bonds. The van der Waals surface area contributed by atoms with Gasteiger partial charge in [0.2, 0.25) is 5.91 Å². The standard InChI is InChI=1S/C41H81NO8/c1-3-5-7-9-11-13-14-15-16-17-18-19-20-21-23-25-27-29-31-37(45)42-34(35(44)30-28-26-24-22-12-10-8-6-4-2)33-49-41-40(48)39(47)38(46)36(32-43)50-41/h34-36,38-41,43-44,46-48H,3-33H2,1-2H3,(H,42,45)/t34-,35+,36+,38+,39?,40?,41+/m0/s1. The third kappa shape index (κ3) is 23.7. The third-order valence-electron chi connectivity index (χ3n) is 10.5. The van der Waals surface area contributed by atoms with E-state index in [-0.39, 0.29) is 12.5 Å². The number of carbonyl (C=O) groups is 1. The second kappa shape index (κ2) is 32.8. The molecule has 50 heavy (non-hydrogen) atoms. The SMILES string of the molecule is CCCCCCCCCCCCCCCCCCCCC(=O)N[C@@H](CO[C@@H]1O[C@H](CO)[C@@H](O)C(O)C1O)[C@H](O)CCCCCCCCCCC. The van der Waals surface area contributed by atoms with Crippen molar-refractivity contribution in [3.05, 3.63) is 0 Å². The maximum Gasteiger partial charge on any atom is 0.220 e. The van der Waals surface area contributed by atoms with Crippen LogP contribution in [0, 0.1) is 0 Å². The van der Waals surface area contributed by atoms with E-state index in [9.17, 15) is 30.3 Å². The first-order valence-electron chi connectivity index (χ1n) is 21.2. The molecule has 0 aromatic rings. The monoisotopic (exact) mass is 716 g/mol. The lowest BCUT2D eigenvalue weighted by Gasteiger charge is -2.40. The van der Waals surface area contributed by atoms with Crippen LogP contribution in [0.1, 0.15) is 200 Å². The number of rotatable bonds is 35. The van der Waals surface area contributed by atoms with E-state index in [1.807, 2.05) is 0 Å². The number of amides is 1. The number of ether oxygens (including phenoxy) is 2. The third-order valence-corrected chi connectivity index (χ3v) is 10.5. The molecule has 9 nitrogen and oxygen atoms in total. The molecular weight excluding hydrogens is 634 g/mol. The van der Waals surface area contributed by atoms with Crippen LogP contribution in [0.4, 0.5) is 0 Å². The number of aliphatic hydroxyl groups is 5. The minimum absolute atomic E-state index is 0.133. The van der Waals surface area contributed by atoms with Crippen molar-refractivity contribution in [3.63, 3.8) is 0 Å².